The Balaban J connectivity index is 1.55. The minimum Gasteiger partial charge on any atom is -0.414 e. The molecule has 0 spiro atoms. The third-order valence-corrected chi connectivity index (χ3v) is 11.9. The van der Waals surface area contributed by atoms with Gasteiger partial charge in [0.05, 0.1) is 0 Å². The number of rotatable bonds is 7. The zero-order valence-electron chi connectivity index (χ0n) is 22.8. The molecule has 0 amide bonds. The summed E-state index contributed by atoms with van der Waals surface area (Å²) in [6, 6.07) is 0. The summed E-state index contributed by atoms with van der Waals surface area (Å²) >= 11 is 0. The zero-order valence-corrected chi connectivity index (χ0v) is 23.8. The lowest BCUT2D eigenvalue weighted by molar-refractivity contribution is -0.141. The van der Waals surface area contributed by atoms with E-state index in [0.29, 0.717) is 16.9 Å². The van der Waals surface area contributed by atoms with Crippen LogP contribution in [0.1, 0.15) is 98.8 Å². The van der Waals surface area contributed by atoms with Gasteiger partial charge in [-0.3, -0.25) is 0 Å². The third-order valence-electron chi connectivity index (χ3n) is 10.9. The van der Waals surface area contributed by atoms with Gasteiger partial charge in [0.1, 0.15) is 0 Å². The van der Waals surface area contributed by atoms with Crippen molar-refractivity contribution in [1.29, 1.82) is 0 Å². The molecule has 0 aromatic heterocycles. The van der Waals surface area contributed by atoms with Gasteiger partial charge in [0, 0.05) is 6.10 Å². The van der Waals surface area contributed by atoms with Crippen LogP contribution in [0.2, 0.25) is 19.6 Å². The summed E-state index contributed by atoms with van der Waals surface area (Å²) in [4.78, 5) is 0. The minimum atomic E-state index is -1.54. The molecule has 0 radical (unpaired) electrons. The van der Waals surface area contributed by atoms with E-state index in [-0.39, 0.29) is 0 Å². The minimum absolute atomic E-state index is 0.463. The fraction of sp³-hybridized carbons (Fsp3) is 0.933. The van der Waals surface area contributed by atoms with Gasteiger partial charge < -0.3 is 4.43 Å². The van der Waals surface area contributed by atoms with Crippen molar-refractivity contribution in [2.24, 2.45) is 52.3 Å². The lowest BCUT2D eigenvalue weighted by atomic mass is 9.44. The lowest BCUT2D eigenvalue weighted by Crippen LogP contribution is -2.58. The van der Waals surface area contributed by atoms with E-state index in [2.05, 4.69) is 66.4 Å². The standard InChI is InChI=1S/C30H54OSi/c1-21(2)12-11-13-22(3)24-15-16-25-23-20-28(31-32(6,7)8)27-14-9-10-18-29(27,4)26(23)17-19-30(24,25)5/h9-10,21-28H,11-20H2,1-8H3/t22-,23+,24-,25+,26+,27?,28?,29-,30-/m1/s1. The van der Waals surface area contributed by atoms with Crippen molar-refractivity contribution in [3.8, 4) is 0 Å². The van der Waals surface area contributed by atoms with Crippen LogP contribution >= 0.6 is 0 Å². The highest BCUT2D eigenvalue weighted by atomic mass is 28.4. The third kappa shape index (κ3) is 4.58. The summed E-state index contributed by atoms with van der Waals surface area (Å²) < 4.78 is 7.00. The van der Waals surface area contributed by atoms with Crippen molar-refractivity contribution in [1.82, 2.24) is 0 Å². The molecule has 3 fully saturated rings. The first-order valence-electron chi connectivity index (χ1n) is 14.3. The Morgan fingerprint density at radius 2 is 1.62 bits per heavy atom. The fourth-order valence-electron chi connectivity index (χ4n) is 9.48. The van der Waals surface area contributed by atoms with Gasteiger partial charge in [-0.2, -0.15) is 0 Å². The van der Waals surface area contributed by atoms with Crippen LogP contribution in [0.4, 0.5) is 0 Å². The van der Waals surface area contributed by atoms with Gasteiger partial charge in [-0.25, -0.2) is 0 Å². The second-order valence-corrected chi connectivity index (χ2v) is 18.9. The predicted molar refractivity (Wildman–Crippen MR) is 141 cm³/mol. The second-order valence-electron chi connectivity index (χ2n) is 14.4. The maximum atomic E-state index is 7.00. The van der Waals surface area contributed by atoms with Gasteiger partial charge in [0.2, 0.25) is 0 Å². The average molecular weight is 459 g/mol. The molecule has 0 bridgehead atoms. The van der Waals surface area contributed by atoms with Crippen LogP contribution in [0.3, 0.4) is 0 Å². The molecule has 4 aliphatic carbocycles. The SMILES string of the molecule is CC(C)CCC[C@@H](C)[C@H]1CC[C@H]2[C@@H]3CC(O[Si](C)(C)C)C4CC=CC[C@]4(C)[C@H]3CC[C@]12C. The summed E-state index contributed by atoms with van der Waals surface area (Å²) in [5.74, 6) is 6.22. The molecule has 32 heavy (non-hydrogen) atoms. The van der Waals surface area contributed by atoms with Gasteiger partial charge >= 0.3 is 0 Å². The Morgan fingerprint density at radius 1 is 0.906 bits per heavy atom. The Labute approximate surface area is 201 Å². The molecule has 1 nitrogen and oxygen atoms in total. The Kier molecular flexibility index (Phi) is 7.17. The first-order chi connectivity index (χ1) is 15.0. The maximum Gasteiger partial charge on any atom is 0.184 e. The van der Waals surface area contributed by atoms with E-state index in [0.717, 1.165) is 41.4 Å². The van der Waals surface area contributed by atoms with E-state index in [1.807, 2.05) is 0 Å². The average Bonchev–Trinajstić information content (AvgIpc) is 3.04. The van der Waals surface area contributed by atoms with Crippen LogP contribution in [0.5, 0.6) is 0 Å². The van der Waals surface area contributed by atoms with Gasteiger partial charge in [0.15, 0.2) is 8.32 Å². The molecular formula is C30H54OSi. The molecule has 3 saturated carbocycles. The molecule has 2 unspecified atom stereocenters. The molecule has 0 aliphatic heterocycles. The topological polar surface area (TPSA) is 9.23 Å². The van der Waals surface area contributed by atoms with Crippen LogP contribution in [0, 0.1) is 52.3 Å². The number of allylic oxidation sites excluding steroid dienone is 2. The van der Waals surface area contributed by atoms with Crippen molar-refractivity contribution >= 4 is 8.32 Å². The monoisotopic (exact) mass is 458 g/mol. The summed E-state index contributed by atoms with van der Waals surface area (Å²) in [6.45, 7) is 20.0. The first kappa shape index (κ1) is 25.0. The maximum absolute atomic E-state index is 7.00. The largest absolute Gasteiger partial charge is 0.414 e. The first-order valence-corrected chi connectivity index (χ1v) is 17.7. The van der Waals surface area contributed by atoms with Crippen LogP contribution in [0.15, 0.2) is 12.2 Å². The highest BCUT2D eigenvalue weighted by molar-refractivity contribution is 6.69. The Bertz CT molecular complexity index is 677. The van der Waals surface area contributed by atoms with E-state index in [1.165, 1.54) is 64.2 Å². The smallest absolute Gasteiger partial charge is 0.184 e. The molecule has 0 heterocycles. The summed E-state index contributed by atoms with van der Waals surface area (Å²) in [7, 11) is -1.54. The lowest BCUT2D eigenvalue weighted by Gasteiger charge is -2.62. The molecule has 9 atom stereocenters. The number of hydrogen-bond acceptors (Lipinski definition) is 1. The fourth-order valence-corrected chi connectivity index (χ4v) is 10.6. The molecule has 4 aliphatic rings. The zero-order chi connectivity index (χ0) is 23.3. The van der Waals surface area contributed by atoms with E-state index in [9.17, 15) is 0 Å². The van der Waals surface area contributed by atoms with Crippen molar-refractivity contribution < 1.29 is 4.43 Å². The van der Waals surface area contributed by atoms with Crippen LogP contribution in [-0.4, -0.2) is 14.4 Å². The Morgan fingerprint density at radius 3 is 2.31 bits per heavy atom. The molecule has 0 N–H and O–H groups in total. The van der Waals surface area contributed by atoms with Crippen LogP contribution < -0.4 is 0 Å². The second kappa shape index (κ2) is 9.18. The van der Waals surface area contributed by atoms with Crippen molar-refractivity contribution in [3.05, 3.63) is 12.2 Å². The number of fused-ring (bicyclic) bond motifs is 5. The Hall–Kier alpha value is -0.0831. The summed E-state index contributed by atoms with van der Waals surface area (Å²) in [5.41, 5.74) is 1.04. The van der Waals surface area contributed by atoms with E-state index >= 15 is 0 Å². The predicted octanol–water partition coefficient (Wildman–Crippen LogP) is 9.10. The number of hydrogen-bond donors (Lipinski definition) is 0. The molecule has 2 heteroatoms. The normalized spacial score (nSPS) is 44.8. The van der Waals surface area contributed by atoms with Crippen molar-refractivity contribution in [3.63, 3.8) is 0 Å². The van der Waals surface area contributed by atoms with E-state index < -0.39 is 8.32 Å². The van der Waals surface area contributed by atoms with Crippen molar-refractivity contribution in [2.75, 3.05) is 0 Å². The molecule has 0 aromatic carbocycles. The molecule has 4 rings (SSSR count). The van der Waals surface area contributed by atoms with Gasteiger partial charge in [-0.1, -0.05) is 66.0 Å². The highest BCUT2D eigenvalue weighted by Crippen LogP contribution is 2.68. The molecule has 184 valence electrons. The summed E-state index contributed by atoms with van der Waals surface area (Å²) in [5, 5.41) is 0. The molecular weight excluding hydrogens is 404 g/mol. The van der Waals surface area contributed by atoms with E-state index in [1.54, 1.807) is 0 Å². The quantitative estimate of drug-likeness (QED) is 0.273. The van der Waals surface area contributed by atoms with E-state index in [4.69, 9.17) is 4.43 Å². The van der Waals surface area contributed by atoms with Crippen LogP contribution in [0.25, 0.3) is 0 Å². The van der Waals surface area contributed by atoms with Crippen molar-refractivity contribution in [2.45, 2.75) is 125 Å². The van der Waals surface area contributed by atoms with Gasteiger partial charge in [0.25, 0.3) is 0 Å². The molecule has 0 saturated heterocycles. The summed E-state index contributed by atoms with van der Waals surface area (Å²) in [6.07, 6.45) is 19.7. The van der Waals surface area contributed by atoms with Gasteiger partial charge in [-0.15, -0.1) is 0 Å². The van der Waals surface area contributed by atoms with Gasteiger partial charge in [-0.05, 0) is 117 Å². The van der Waals surface area contributed by atoms with Crippen LogP contribution in [-0.2, 0) is 4.43 Å². The molecule has 0 aromatic rings. The highest BCUT2D eigenvalue weighted by Gasteiger charge is 2.62.